The van der Waals surface area contributed by atoms with Crippen LogP contribution in [0.3, 0.4) is 0 Å². The van der Waals surface area contributed by atoms with Gasteiger partial charge in [-0.1, -0.05) is 0 Å². The third-order valence-corrected chi connectivity index (χ3v) is 0.516. The topological polar surface area (TPSA) is 118 Å². The summed E-state index contributed by atoms with van der Waals surface area (Å²) >= 11 is 0. The van der Waals surface area contributed by atoms with E-state index in [0.29, 0.717) is 26.4 Å². The van der Waals surface area contributed by atoms with Gasteiger partial charge >= 0.3 is 0 Å². The van der Waals surface area contributed by atoms with E-state index in [9.17, 15) is 0 Å². The third kappa shape index (κ3) is 170. The molecule has 0 aromatic carbocycles. The maximum Gasteiger partial charge on any atom is 0.0791 e. The molecule has 0 heterocycles. The Morgan fingerprint density at radius 2 is 0.556 bits per heavy atom. The molecule has 0 bridgehead atoms. The molecule has 112 valence electrons. The maximum atomic E-state index is 7.38. The normalized spacial score (nSPS) is 6.67. The van der Waals surface area contributed by atoms with Gasteiger partial charge in [0.25, 0.3) is 0 Å². The van der Waals surface area contributed by atoms with E-state index in [1.807, 2.05) is 0 Å². The average Bonchev–Trinajstić information content (AvgIpc) is 2.39. The summed E-state index contributed by atoms with van der Waals surface area (Å²) in [5, 5.41) is 29.5. The van der Waals surface area contributed by atoms with E-state index in [2.05, 4.69) is 19.6 Å². The van der Waals surface area contributed by atoms with Gasteiger partial charge in [-0.2, -0.15) is 0 Å². The number of rotatable bonds is 4. The monoisotopic (exact) mass is 344 g/mol. The molecule has 0 atom stereocenters. The fourth-order valence-corrected chi connectivity index (χ4v) is 0. The molecular formula is C8H24O8Ti2. The van der Waals surface area contributed by atoms with Gasteiger partial charge < -0.3 is 0 Å². The van der Waals surface area contributed by atoms with Gasteiger partial charge in [0.15, 0.2) is 0 Å². The molecule has 0 aliphatic rings. The standard InChI is InChI=1S/4C2H6O2.2Ti/c4*1-2-4-3;;/h4*3H,2H2,1H3;;. The van der Waals surface area contributed by atoms with Crippen molar-refractivity contribution in [3.63, 3.8) is 0 Å². The molecule has 0 aliphatic carbocycles. The predicted molar refractivity (Wildman–Crippen MR) is 57.0 cm³/mol. The molecule has 10 heteroatoms. The molecular weight excluding hydrogens is 320 g/mol. The summed E-state index contributed by atoms with van der Waals surface area (Å²) in [6.45, 7) is 8.33. The van der Waals surface area contributed by atoms with E-state index >= 15 is 0 Å². The zero-order valence-electron chi connectivity index (χ0n) is 11.3. The third-order valence-electron chi connectivity index (χ3n) is 0.516. The van der Waals surface area contributed by atoms with Gasteiger partial charge in [0.05, 0.1) is 26.4 Å². The van der Waals surface area contributed by atoms with Crippen LogP contribution in [0.2, 0.25) is 0 Å². The van der Waals surface area contributed by atoms with Crippen LogP contribution >= 0.6 is 0 Å². The smallest absolute Gasteiger partial charge is 0.0791 e. The number of hydrogen-bond donors (Lipinski definition) is 4. The fraction of sp³-hybridized carbons (Fsp3) is 1.00. The molecule has 4 N–H and O–H groups in total. The second-order valence-corrected chi connectivity index (χ2v) is 1.67. The summed E-state index contributed by atoms with van der Waals surface area (Å²) in [6, 6.07) is 0. The minimum Gasteiger partial charge on any atom is -0.252 e. The molecule has 0 saturated heterocycles. The Labute approximate surface area is 138 Å². The van der Waals surface area contributed by atoms with Gasteiger partial charge in [-0.25, -0.2) is 19.6 Å². The second-order valence-electron chi connectivity index (χ2n) is 1.67. The van der Waals surface area contributed by atoms with Crippen LogP contribution in [-0.2, 0) is 63.0 Å². The Morgan fingerprint density at radius 3 is 0.556 bits per heavy atom. The molecule has 0 saturated carbocycles. The second kappa shape index (κ2) is 63.9. The van der Waals surface area contributed by atoms with E-state index in [4.69, 9.17) is 21.0 Å². The molecule has 0 aromatic rings. The van der Waals surface area contributed by atoms with Crippen molar-refractivity contribution >= 4 is 0 Å². The van der Waals surface area contributed by atoms with Crippen LogP contribution in [0.5, 0.6) is 0 Å². The Balaban J connectivity index is -0.0000000257. The van der Waals surface area contributed by atoms with Crippen molar-refractivity contribution in [3.8, 4) is 0 Å². The fourth-order valence-electron chi connectivity index (χ4n) is 0. The average molecular weight is 344 g/mol. The molecule has 0 radical (unpaired) electrons. The molecule has 0 aliphatic heterocycles. The van der Waals surface area contributed by atoms with Gasteiger partial charge in [0.1, 0.15) is 0 Å². The quantitative estimate of drug-likeness (QED) is 0.347. The maximum absolute atomic E-state index is 7.38. The summed E-state index contributed by atoms with van der Waals surface area (Å²) < 4.78 is 0. The van der Waals surface area contributed by atoms with Crippen molar-refractivity contribution in [2.45, 2.75) is 27.7 Å². The van der Waals surface area contributed by atoms with Crippen molar-refractivity contribution in [1.29, 1.82) is 0 Å². The number of hydrogen-bond acceptors (Lipinski definition) is 8. The van der Waals surface area contributed by atoms with Crippen LogP contribution in [0, 0.1) is 0 Å². The molecule has 0 amide bonds. The minimum absolute atomic E-state index is 0. The van der Waals surface area contributed by atoms with Crippen molar-refractivity contribution in [2.24, 2.45) is 0 Å². The van der Waals surface area contributed by atoms with Crippen LogP contribution in [0.25, 0.3) is 0 Å². The van der Waals surface area contributed by atoms with E-state index in [-0.39, 0.29) is 43.4 Å². The van der Waals surface area contributed by atoms with Crippen LogP contribution in [0.1, 0.15) is 27.7 Å². The Bertz CT molecular complexity index is 49.1. The summed E-state index contributed by atoms with van der Waals surface area (Å²) in [5.74, 6) is 0. The van der Waals surface area contributed by atoms with Crippen molar-refractivity contribution in [2.75, 3.05) is 26.4 Å². The first-order valence-corrected chi connectivity index (χ1v) is 4.71. The van der Waals surface area contributed by atoms with Crippen molar-refractivity contribution in [3.05, 3.63) is 0 Å². The first-order valence-electron chi connectivity index (χ1n) is 4.71. The zero-order valence-corrected chi connectivity index (χ0v) is 14.4. The Hall–Kier alpha value is 1.11. The molecule has 0 unspecified atom stereocenters. The SMILES string of the molecule is CCOO.CCOO.CCOO.CCOO.[Ti].[Ti]. The largest absolute Gasteiger partial charge is 0.252 e. The summed E-state index contributed by atoms with van der Waals surface area (Å²) in [5.41, 5.74) is 0. The summed E-state index contributed by atoms with van der Waals surface area (Å²) in [6.07, 6.45) is 0. The first kappa shape index (κ1) is 36.5. The summed E-state index contributed by atoms with van der Waals surface area (Å²) in [4.78, 5) is 14.2. The van der Waals surface area contributed by atoms with Gasteiger partial charge in [-0.3, -0.25) is 21.0 Å². The van der Waals surface area contributed by atoms with Crippen LogP contribution in [-0.4, -0.2) is 47.5 Å². The van der Waals surface area contributed by atoms with Crippen molar-refractivity contribution < 1.29 is 84.0 Å². The molecule has 0 fully saturated rings. The molecule has 0 spiro atoms. The Kier molecular flexibility index (Phi) is 129. The molecule has 0 rings (SSSR count). The summed E-state index contributed by atoms with van der Waals surface area (Å²) in [7, 11) is 0. The van der Waals surface area contributed by atoms with E-state index in [1.165, 1.54) is 0 Å². The van der Waals surface area contributed by atoms with Crippen LogP contribution in [0.15, 0.2) is 0 Å². The van der Waals surface area contributed by atoms with Crippen LogP contribution < -0.4 is 0 Å². The minimum atomic E-state index is 0. The van der Waals surface area contributed by atoms with E-state index in [1.54, 1.807) is 27.7 Å². The van der Waals surface area contributed by atoms with E-state index in [0.717, 1.165) is 0 Å². The molecule has 8 nitrogen and oxygen atoms in total. The van der Waals surface area contributed by atoms with E-state index < -0.39 is 0 Å². The molecule has 0 aromatic heterocycles. The first-order chi connectivity index (χ1) is 7.66. The van der Waals surface area contributed by atoms with Gasteiger partial charge in [0, 0.05) is 43.4 Å². The molecule has 18 heavy (non-hydrogen) atoms. The Morgan fingerprint density at radius 1 is 0.500 bits per heavy atom. The van der Waals surface area contributed by atoms with Crippen molar-refractivity contribution in [1.82, 2.24) is 0 Å². The zero-order chi connectivity index (χ0) is 13.7. The van der Waals surface area contributed by atoms with Gasteiger partial charge in [0.2, 0.25) is 0 Å². The van der Waals surface area contributed by atoms with Gasteiger partial charge in [-0.15, -0.1) is 0 Å². The predicted octanol–water partition coefficient (Wildman–Crippen LogP) is 1.98. The van der Waals surface area contributed by atoms with Crippen LogP contribution in [0.4, 0.5) is 0 Å². The van der Waals surface area contributed by atoms with Gasteiger partial charge in [-0.05, 0) is 27.7 Å².